The van der Waals surface area contributed by atoms with Gasteiger partial charge in [-0.05, 0) is 29.6 Å². The number of morpholine rings is 1. The predicted molar refractivity (Wildman–Crippen MR) is 123 cm³/mol. The molecule has 2 aromatic rings. The Bertz CT molecular complexity index is 973. The molecule has 2 heterocycles. The average molecular weight is 486 g/mol. The molecule has 170 valence electrons. The van der Waals surface area contributed by atoms with Crippen LogP contribution in [-0.4, -0.2) is 69.5 Å². The number of thiophene rings is 1. The van der Waals surface area contributed by atoms with Crippen LogP contribution in [0.3, 0.4) is 0 Å². The van der Waals surface area contributed by atoms with Gasteiger partial charge in [0.05, 0.1) is 34.7 Å². The number of carbonyl (C=O) groups is 1. The van der Waals surface area contributed by atoms with Crippen LogP contribution in [-0.2, 0) is 14.8 Å². The Morgan fingerprint density at radius 3 is 2.58 bits per heavy atom. The van der Waals surface area contributed by atoms with Crippen LogP contribution in [0.4, 0.5) is 0 Å². The van der Waals surface area contributed by atoms with E-state index in [4.69, 9.17) is 16.3 Å². The Hall–Kier alpha value is -1.49. The van der Waals surface area contributed by atoms with E-state index < -0.39 is 15.9 Å². The summed E-state index contributed by atoms with van der Waals surface area (Å²) in [6.45, 7) is 7.55. The topological polar surface area (TPSA) is 79.0 Å². The number of nitrogens with one attached hydrogen (secondary N) is 1. The fourth-order valence-electron chi connectivity index (χ4n) is 3.62. The van der Waals surface area contributed by atoms with Gasteiger partial charge in [-0.3, -0.25) is 9.69 Å². The summed E-state index contributed by atoms with van der Waals surface area (Å²) in [6, 6.07) is 8.34. The minimum atomic E-state index is -3.68. The highest BCUT2D eigenvalue weighted by Gasteiger charge is 2.26. The van der Waals surface area contributed by atoms with E-state index in [-0.39, 0.29) is 21.5 Å². The van der Waals surface area contributed by atoms with Gasteiger partial charge >= 0.3 is 0 Å². The molecule has 0 spiro atoms. The first-order valence-electron chi connectivity index (χ1n) is 10.3. The SMILES string of the molecule is CCN(CC)S(=O)(=O)c1ccc(Cl)c(C(=O)NCC(c2cccs2)N2CCOCC2)c1. The van der Waals surface area contributed by atoms with Gasteiger partial charge in [0.15, 0.2) is 0 Å². The summed E-state index contributed by atoms with van der Waals surface area (Å²) in [6.07, 6.45) is 0. The molecule has 0 aliphatic carbocycles. The molecule has 31 heavy (non-hydrogen) atoms. The fourth-order valence-corrected chi connectivity index (χ4v) is 6.16. The monoisotopic (exact) mass is 485 g/mol. The summed E-state index contributed by atoms with van der Waals surface area (Å²) in [7, 11) is -3.68. The van der Waals surface area contributed by atoms with Crippen molar-refractivity contribution in [2.75, 3.05) is 45.9 Å². The third-order valence-corrected chi connectivity index (χ3v) is 8.69. The molecule has 0 saturated carbocycles. The van der Waals surface area contributed by atoms with Crippen LogP contribution in [0.1, 0.15) is 35.1 Å². The number of sulfonamides is 1. The van der Waals surface area contributed by atoms with Crippen LogP contribution < -0.4 is 5.32 Å². The maximum atomic E-state index is 13.0. The minimum Gasteiger partial charge on any atom is -0.379 e. The number of nitrogens with zero attached hydrogens (tertiary/aromatic N) is 2. The molecule has 0 radical (unpaired) electrons. The Labute approximate surface area is 193 Å². The van der Waals surface area contributed by atoms with Crippen LogP contribution in [0.25, 0.3) is 0 Å². The summed E-state index contributed by atoms with van der Waals surface area (Å²) in [5.74, 6) is -0.392. The second-order valence-electron chi connectivity index (χ2n) is 7.12. The number of halogens is 1. The minimum absolute atomic E-state index is 0.0224. The lowest BCUT2D eigenvalue weighted by atomic mass is 10.1. The Balaban J connectivity index is 1.79. The van der Waals surface area contributed by atoms with Gasteiger partial charge in [0, 0.05) is 37.6 Å². The van der Waals surface area contributed by atoms with E-state index in [2.05, 4.69) is 16.3 Å². The van der Waals surface area contributed by atoms with E-state index in [9.17, 15) is 13.2 Å². The van der Waals surface area contributed by atoms with Gasteiger partial charge in [-0.1, -0.05) is 31.5 Å². The van der Waals surface area contributed by atoms with Gasteiger partial charge in [-0.25, -0.2) is 8.42 Å². The number of amides is 1. The highest BCUT2D eigenvalue weighted by molar-refractivity contribution is 7.89. The Morgan fingerprint density at radius 1 is 1.26 bits per heavy atom. The molecular formula is C21H28ClN3O4S2. The van der Waals surface area contributed by atoms with E-state index in [1.807, 2.05) is 11.4 Å². The molecule has 1 amide bonds. The summed E-state index contributed by atoms with van der Waals surface area (Å²) in [4.78, 5) is 16.5. The first kappa shape index (κ1) is 24.2. The van der Waals surface area contributed by atoms with Crippen molar-refractivity contribution in [3.63, 3.8) is 0 Å². The van der Waals surface area contributed by atoms with E-state index in [1.165, 1.54) is 22.5 Å². The second kappa shape index (κ2) is 10.9. The highest BCUT2D eigenvalue weighted by Crippen LogP contribution is 2.27. The maximum absolute atomic E-state index is 13.0. The maximum Gasteiger partial charge on any atom is 0.252 e. The van der Waals surface area contributed by atoms with Crippen molar-refractivity contribution in [1.29, 1.82) is 0 Å². The van der Waals surface area contributed by atoms with Crippen molar-refractivity contribution in [2.45, 2.75) is 24.8 Å². The van der Waals surface area contributed by atoms with Crippen LogP contribution in [0.15, 0.2) is 40.6 Å². The zero-order valence-electron chi connectivity index (χ0n) is 17.7. The average Bonchev–Trinajstić information content (AvgIpc) is 3.30. The number of hydrogen-bond acceptors (Lipinski definition) is 6. The molecule has 1 aromatic heterocycles. The van der Waals surface area contributed by atoms with Gasteiger partial charge in [0.25, 0.3) is 5.91 Å². The summed E-state index contributed by atoms with van der Waals surface area (Å²) >= 11 is 7.90. The van der Waals surface area contributed by atoms with Crippen molar-refractivity contribution in [3.05, 3.63) is 51.2 Å². The van der Waals surface area contributed by atoms with Gasteiger partial charge in [0.1, 0.15) is 0 Å². The number of hydrogen-bond donors (Lipinski definition) is 1. The molecule has 1 aliphatic heterocycles. The lowest BCUT2D eigenvalue weighted by molar-refractivity contribution is 0.0169. The lowest BCUT2D eigenvalue weighted by Gasteiger charge is -2.34. The zero-order chi connectivity index (χ0) is 22.4. The Morgan fingerprint density at radius 2 is 1.97 bits per heavy atom. The fraction of sp³-hybridized carbons (Fsp3) is 0.476. The largest absolute Gasteiger partial charge is 0.379 e. The standard InChI is InChI=1S/C21H28ClN3O4S2/c1-3-25(4-2)31(27,28)16-7-8-18(22)17(14-16)21(26)23-15-19(20-6-5-13-30-20)24-9-11-29-12-10-24/h5-8,13-14,19H,3-4,9-12,15H2,1-2H3,(H,23,26). The molecule has 3 rings (SSSR count). The van der Waals surface area contributed by atoms with E-state index >= 15 is 0 Å². The molecule has 1 N–H and O–H groups in total. The van der Waals surface area contributed by atoms with Crippen molar-refractivity contribution in [2.24, 2.45) is 0 Å². The number of benzene rings is 1. The molecule has 1 unspecified atom stereocenters. The number of ether oxygens (including phenoxy) is 1. The molecule has 1 aromatic carbocycles. The van der Waals surface area contributed by atoms with Crippen molar-refractivity contribution in [1.82, 2.24) is 14.5 Å². The quantitative estimate of drug-likeness (QED) is 0.590. The van der Waals surface area contributed by atoms with E-state index in [0.717, 1.165) is 18.0 Å². The first-order valence-corrected chi connectivity index (χ1v) is 13.0. The number of rotatable bonds is 9. The normalized spacial score (nSPS) is 16.4. The van der Waals surface area contributed by atoms with E-state index in [1.54, 1.807) is 25.2 Å². The molecule has 1 aliphatic rings. The second-order valence-corrected chi connectivity index (χ2v) is 10.4. The molecule has 7 nitrogen and oxygen atoms in total. The third-order valence-electron chi connectivity index (χ3n) is 5.34. The smallest absolute Gasteiger partial charge is 0.252 e. The summed E-state index contributed by atoms with van der Waals surface area (Å²) in [5.41, 5.74) is 0.154. The van der Waals surface area contributed by atoms with Gasteiger partial charge in [-0.15, -0.1) is 11.3 Å². The van der Waals surface area contributed by atoms with Gasteiger partial charge in [0.2, 0.25) is 10.0 Å². The van der Waals surface area contributed by atoms with Gasteiger partial charge in [-0.2, -0.15) is 4.31 Å². The highest BCUT2D eigenvalue weighted by atomic mass is 35.5. The molecular weight excluding hydrogens is 458 g/mol. The summed E-state index contributed by atoms with van der Waals surface area (Å²) < 4.78 is 32.5. The number of carbonyl (C=O) groups excluding carboxylic acids is 1. The third kappa shape index (κ3) is 5.66. The Kier molecular flexibility index (Phi) is 8.49. The predicted octanol–water partition coefficient (Wildman–Crippen LogP) is 3.24. The van der Waals surface area contributed by atoms with Crippen LogP contribution in [0, 0.1) is 0 Å². The van der Waals surface area contributed by atoms with E-state index in [0.29, 0.717) is 32.8 Å². The zero-order valence-corrected chi connectivity index (χ0v) is 20.1. The van der Waals surface area contributed by atoms with Crippen molar-refractivity contribution >= 4 is 38.9 Å². The van der Waals surface area contributed by atoms with Crippen molar-refractivity contribution < 1.29 is 17.9 Å². The summed E-state index contributed by atoms with van der Waals surface area (Å²) in [5, 5.41) is 5.19. The molecule has 10 heteroatoms. The van der Waals surface area contributed by atoms with Crippen LogP contribution in [0.2, 0.25) is 5.02 Å². The van der Waals surface area contributed by atoms with Crippen molar-refractivity contribution in [3.8, 4) is 0 Å². The molecule has 1 saturated heterocycles. The van der Waals surface area contributed by atoms with Crippen LogP contribution in [0.5, 0.6) is 0 Å². The molecule has 1 fully saturated rings. The van der Waals surface area contributed by atoms with Gasteiger partial charge < -0.3 is 10.1 Å². The lowest BCUT2D eigenvalue weighted by Crippen LogP contribution is -2.43. The first-order chi connectivity index (χ1) is 14.9. The molecule has 1 atom stereocenters. The molecule has 0 bridgehead atoms. The van der Waals surface area contributed by atoms with Crippen LogP contribution >= 0.6 is 22.9 Å².